The summed E-state index contributed by atoms with van der Waals surface area (Å²) < 4.78 is 14.2. The Hall–Kier alpha value is -5.01. The van der Waals surface area contributed by atoms with E-state index in [1.807, 2.05) is 49.4 Å². The lowest BCUT2D eigenvalue weighted by Gasteiger charge is -2.28. The first-order chi connectivity index (χ1) is 24.8. The molecule has 12 nitrogen and oxygen atoms in total. The zero-order valence-corrected chi connectivity index (χ0v) is 32.7. The second kappa shape index (κ2) is 15.5. The Labute approximate surface area is 318 Å². The smallest absolute Gasteiger partial charge is 0.305 e. The van der Waals surface area contributed by atoms with Gasteiger partial charge in [0.25, 0.3) is 11.6 Å². The molecule has 1 heterocycles. The number of para-hydroxylation sites is 1. The summed E-state index contributed by atoms with van der Waals surface area (Å²) in [5, 5.41) is 37.4. The minimum atomic E-state index is -0.950. The van der Waals surface area contributed by atoms with Crippen LogP contribution in [-0.4, -0.2) is 32.2 Å². The van der Waals surface area contributed by atoms with Gasteiger partial charge < -0.3 is 19.9 Å². The molecule has 0 aromatic heterocycles. The topological polar surface area (TPSA) is 151 Å². The van der Waals surface area contributed by atoms with Crippen LogP contribution in [0.2, 0.25) is 5.02 Å². The van der Waals surface area contributed by atoms with Crippen molar-refractivity contribution in [3.8, 4) is 23.0 Å². The van der Waals surface area contributed by atoms with Gasteiger partial charge in [-0.15, -0.1) is 0 Å². The summed E-state index contributed by atoms with van der Waals surface area (Å²) in [6.45, 7) is 17.9. The maximum absolute atomic E-state index is 13.5. The van der Waals surface area contributed by atoms with Crippen LogP contribution in [0.1, 0.15) is 82.9 Å². The third kappa shape index (κ3) is 8.97. The van der Waals surface area contributed by atoms with E-state index < -0.39 is 27.7 Å². The van der Waals surface area contributed by atoms with E-state index in [0.717, 1.165) is 16.8 Å². The summed E-state index contributed by atoms with van der Waals surface area (Å²) in [7, 11) is 0. The molecular formula is C39H44ClN6O6S+. The van der Waals surface area contributed by atoms with Crippen LogP contribution in [0, 0.1) is 17.0 Å². The maximum atomic E-state index is 13.5. The Bertz CT molecular complexity index is 2090. The van der Waals surface area contributed by atoms with Crippen LogP contribution in [0.5, 0.6) is 23.0 Å². The fraction of sp³-hybridized carbons (Fsp3) is 0.359. The van der Waals surface area contributed by atoms with Crippen LogP contribution in [0.4, 0.5) is 17.1 Å². The van der Waals surface area contributed by atoms with E-state index >= 15 is 0 Å². The summed E-state index contributed by atoms with van der Waals surface area (Å²) in [6.07, 6.45) is -0.950. The predicted octanol–water partition coefficient (Wildman–Crippen LogP) is 11.3. The molecule has 0 spiro atoms. The number of thioether (sulfide) groups is 1. The molecule has 1 amide bonds. The SMILES string of the molecule is Cc1c(Oc2ccc([N+](=O)[O-])cc2C(C)SC2N=NN=[N+]2c2ccccc2)cc(NC(=O)C(C)Oc2ccc(C(C)(C)C)cc2C(C)(C)C)c(O)c1Cl. The molecule has 0 aliphatic carbocycles. The number of aromatic hydroxyl groups is 1. The largest absolute Gasteiger partial charge is 0.504 e. The van der Waals surface area contributed by atoms with Crippen LogP contribution in [0.15, 0.2) is 88.4 Å². The molecule has 0 bridgehead atoms. The van der Waals surface area contributed by atoms with Gasteiger partial charge in [0.1, 0.15) is 17.2 Å². The van der Waals surface area contributed by atoms with E-state index in [-0.39, 0.29) is 38.7 Å². The molecule has 1 aliphatic rings. The maximum Gasteiger partial charge on any atom is 0.305 e. The lowest BCUT2D eigenvalue weighted by Crippen LogP contribution is -2.31. The number of phenolic OH excluding ortho intramolecular Hbond substituents is 1. The molecule has 3 atom stereocenters. The second-order valence-electron chi connectivity index (χ2n) is 14.8. The van der Waals surface area contributed by atoms with Crippen molar-refractivity contribution in [2.75, 3.05) is 5.32 Å². The Kier molecular flexibility index (Phi) is 11.5. The average Bonchev–Trinajstić information content (AvgIpc) is 3.56. The van der Waals surface area contributed by atoms with Crippen molar-refractivity contribution in [2.45, 2.75) is 90.0 Å². The number of hydrogen-bond donors (Lipinski definition) is 2. The minimum absolute atomic E-state index is 0.00698. The number of nitro benzene ring substituents is 1. The predicted molar refractivity (Wildman–Crippen MR) is 207 cm³/mol. The Morgan fingerprint density at radius 2 is 1.66 bits per heavy atom. The number of carbonyl (C=O) groups is 1. The number of nitrogens with zero attached hydrogens (tertiary/aromatic N) is 5. The number of nitro groups is 1. The third-order valence-corrected chi connectivity index (χ3v) is 10.4. The molecule has 4 aromatic rings. The molecule has 0 fully saturated rings. The standard InChI is InChI=1S/C39H43ClN6O6S/c1-22-33(52-31-18-16-27(46(49)50)20-28(31)24(3)53-37-42-43-44-45(37)26-13-11-10-12-14-26)21-30(35(47)34(22)40)41-36(48)23(2)51-32-17-15-25(38(4,5)6)19-29(32)39(7,8)9/h10-21,23-24,37H,1-9H3,(H,42,44)/p+1. The van der Waals surface area contributed by atoms with E-state index in [1.54, 1.807) is 18.5 Å². The normalized spacial score (nSPS) is 15.4. The molecular weight excluding hydrogens is 716 g/mol. The number of rotatable bonds is 11. The highest BCUT2D eigenvalue weighted by Gasteiger charge is 2.33. The van der Waals surface area contributed by atoms with E-state index in [1.165, 1.54) is 36.0 Å². The number of non-ortho nitro benzene ring substituents is 1. The Morgan fingerprint density at radius 1 is 0.981 bits per heavy atom. The van der Waals surface area contributed by atoms with Gasteiger partial charge in [-0.2, -0.15) is 0 Å². The molecule has 4 aromatic carbocycles. The third-order valence-electron chi connectivity index (χ3n) is 8.73. The summed E-state index contributed by atoms with van der Waals surface area (Å²) in [5.41, 5.74) is 2.81. The number of carbonyl (C=O) groups excluding carboxylic acids is 1. The number of nitrogens with one attached hydrogen (secondary N) is 1. The van der Waals surface area contributed by atoms with Crippen molar-refractivity contribution in [3.63, 3.8) is 0 Å². The zero-order chi connectivity index (χ0) is 38.8. The summed E-state index contributed by atoms with van der Waals surface area (Å²) in [4.78, 5) is 24.9. The first-order valence-corrected chi connectivity index (χ1v) is 18.4. The molecule has 0 radical (unpaired) electrons. The molecule has 1 aliphatic heterocycles. The van der Waals surface area contributed by atoms with Gasteiger partial charge in [-0.3, -0.25) is 14.9 Å². The van der Waals surface area contributed by atoms with Crippen LogP contribution >= 0.6 is 23.4 Å². The van der Waals surface area contributed by atoms with Crippen molar-refractivity contribution < 1.29 is 29.0 Å². The number of hydrogen-bond acceptors (Lipinski definition) is 10. The Balaban J connectivity index is 1.40. The van der Waals surface area contributed by atoms with Crippen LogP contribution < -0.4 is 14.8 Å². The van der Waals surface area contributed by atoms with E-state index in [2.05, 4.69) is 68.5 Å². The summed E-state index contributed by atoms with van der Waals surface area (Å²) in [5.74, 6) is 0.247. The van der Waals surface area contributed by atoms with Gasteiger partial charge >= 0.3 is 5.50 Å². The van der Waals surface area contributed by atoms with E-state index in [4.69, 9.17) is 21.1 Å². The van der Waals surface area contributed by atoms with Crippen LogP contribution in [0.3, 0.4) is 0 Å². The molecule has 5 rings (SSSR count). The van der Waals surface area contributed by atoms with Crippen molar-refractivity contribution in [1.29, 1.82) is 0 Å². The fourth-order valence-corrected chi connectivity index (χ4v) is 6.83. The second-order valence-corrected chi connectivity index (χ2v) is 16.6. The number of ether oxygens (including phenoxy) is 2. The monoisotopic (exact) mass is 759 g/mol. The summed E-state index contributed by atoms with van der Waals surface area (Å²) in [6, 6.07) is 21.2. The zero-order valence-electron chi connectivity index (χ0n) is 31.2. The van der Waals surface area contributed by atoms with Crippen molar-refractivity contribution in [2.24, 2.45) is 15.6 Å². The lowest BCUT2D eigenvalue weighted by molar-refractivity contribution is -0.516. The molecule has 0 saturated carbocycles. The molecule has 278 valence electrons. The van der Waals surface area contributed by atoms with Crippen molar-refractivity contribution in [1.82, 2.24) is 0 Å². The van der Waals surface area contributed by atoms with Gasteiger partial charge in [-0.05, 0) is 67.0 Å². The summed E-state index contributed by atoms with van der Waals surface area (Å²) >= 11 is 7.95. The number of benzene rings is 4. The van der Waals surface area contributed by atoms with E-state index in [9.17, 15) is 20.0 Å². The quantitative estimate of drug-likeness (QED) is 0.0668. The highest BCUT2D eigenvalue weighted by atomic mass is 35.5. The van der Waals surface area contributed by atoms with Crippen molar-refractivity contribution >= 4 is 46.3 Å². The molecule has 3 unspecified atom stereocenters. The number of phenols is 1. The van der Waals surface area contributed by atoms with Gasteiger partial charge in [0.15, 0.2) is 22.8 Å². The van der Waals surface area contributed by atoms with Gasteiger partial charge in [-0.25, -0.2) is 0 Å². The van der Waals surface area contributed by atoms with E-state index in [0.29, 0.717) is 22.6 Å². The minimum Gasteiger partial charge on any atom is -0.504 e. The highest BCUT2D eigenvalue weighted by Crippen LogP contribution is 2.46. The first kappa shape index (κ1) is 39.2. The first-order valence-electron chi connectivity index (χ1n) is 17.1. The Morgan fingerprint density at radius 3 is 2.30 bits per heavy atom. The van der Waals surface area contributed by atoms with Gasteiger partial charge in [0.05, 0.1) is 15.6 Å². The van der Waals surface area contributed by atoms with Crippen LogP contribution in [-0.2, 0) is 15.6 Å². The lowest BCUT2D eigenvalue weighted by atomic mass is 9.80. The molecule has 0 saturated heterocycles. The number of halogens is 1. The van der Waals surface area contributed by atoms with Gasteiger partial charge in [-0.1, -0.05) is 99.9 Å². The molecule has 2 N–H and O–H groups in total. The van der Waals surface area contributed by atoms with Gasteiger partial charge in [0.2, 0.25) is 5.22 Å². The molecule has 53 heavy (non-hydrogen) atoms. The highest BCUT2D eigenvalue weighted by molar-refractivity contribution is 7.99. The van der Waals surface area contributed by atoms with Gasteiger partial charge in [0, 0.05) is 39.7 Å². The van der Waals surface area contributed by atoms with Crippen LogP contribution in [0.25, 0.3) is 0 Å². The fourth-order valence-electron chi connectivity index (χ4n) is 5.56. The van der Waals surface area contributed by atoms with Crippen molar-refractivity contribution in [3.05, 3.63) is 110 Å². The molecule has 14 heteroatoms. The number of anilines is 1. The average molecular weight is 760 g/mol. The number of amides is 1.